The Morgan fingerprint density at radius 3 is 2.65 bits per heavy atom. The van der Waals surface area contributed by atoms with Crippen molar-refractivity contribution in [2.24, 2.45) is 0 Å². The SMILES string of the molecule is COc1cccc(F)c1C(=O)Cc1ccc(F)cc1Cl. The number of carbonyl (C=O) groups excluding carboxylic acids is 1. The van der Waals surface area contributed by atoms with Gasteiger partial charge in [0.2, 0.25) is 0 Å². The maximum atomic E-state index is 13.8. The molecule has 0 aliphatic heterocycles. The second-order valence-electron chi connectivity index (χ2n) is 4.15. The summed E-state index contributed by atoms with van der Waals surface area (Å²) >= 11 is 5.86. The quantitative estimate of drug-likeness (QED) is 0.796. The molecule has 2 nitrogen and oxygen atoms in total. The third kappa shape index (κ3) is 2.96. The van der Waals surface area contributed by atoms with Gasteiger partial charge in [-0.1, -0.05) is 23.7 Å². The van der Waals surface area contributed by atoms with Crippen LogP contribution in [0.25, 0.3) is 0 Å². The van der Waals surface area contributed by atoms with Crippen LogP contribution in [0.15, 0.2) is 36.4 Å². The van der Waals surface area contributed by atoms with E-state index in [4.69, 9.17) is 16.3 Å². The molecule has 2 rings (SSSR count). The first-order chi connectivity index (χ1) is 9.52. The fraction of sp³-hybridized carbons (Fsp3) is 0.133. The number of methoxy groups -OCH3 is 1. The van der Waals surface area contributed by atoms with Crippen LogP contribution in [0.1, 0.15) is 15.9 Å². The van der Waals surface area contributed by atoms with Crippen molar-refractivity contribution in [3.63, 3.8) is 0 Å². The van der Waals surface area contributed by atoms with E-state index >= 15 is 0 Å². The third-order valence-electron chi connectivity index (χ3n) is 2.84. The topological polar surface area (TPSA) is 26.3 Å². The molecule has 0 saturated heterocycles. The van der Waals surface area contributed by atoms with Crippen molar-refractivity contribution >= 4 is 17.4 Å². The Balaban J connectivity index is 2.33. The van der Waals surface area contributed by atoms with Crippen LogP contribution in [-0.2, 0) is 6.42 Å². The van der Waals surface area contributed by atoms with E-state index in [0.29, 0.717) is 5.56 Å². The summed E-state index contributed by atoms with van der Waals surface area (Å²) in [5, 5.41) is 0.133. The molecule has 0 radical (unpaired) electrons. The number of ether oxygens (including phenoxy) is 1. The molecule has 0 heterocycles. The van der Waals surface area contributed by atoms with Gasteiger partial charge >= 0.3 is 0 Å². The molecule has 0 aliphatic rings. The molecule has 2 aromatic carbocycles. The largest absolute Gasteiger partial charge is 0.496 e. The van der Waals surface area contributed by atoms with Crippen LogP contribution in [0.4, 0.5) is 8.78 Å². The molecule has 0 aromatic heterocycles. The smallest absolute Gasteiger partial charge is 0.173 e. The molecule has 0 N–H and O–H groups in total. The van der Waals surface area contributed by atoms with Crippen molar-refractivity contribution < 1.29 is 18.3 Å². The number of rotatable bonds is 4. The van der Waals surface area contributed by atoms with Crippen LogP contribution in [0.5, 0.6) is 5.75 Å². The van der Waals surface area contributed by atoms with Crippen molar-refractivity contribution in [2.45, 2.75) is 6.42 Å². The molecule has 0 amide bonds. The number of halogens is 3. The van der Waals surface area contributed by atoms with Crippen molar-refractivity contribution in [1.82, 2.24) is 0 Å². The lowest BCUT2D eigenvalue weighted by Crippen LogP contribution is -2.09. The van der Waals surface area contributed by atoms with Crippen molar-refractivity contribution in [3.05, 3.63) is 64.2 Å². The van der Waals surface area contributed by atoms with Crippen LogP contribution in [0, 0.1) is 11.6 Å². The van der Waals surface area contributed by atoms with E-state index in [1.165, 1.54) is 37.4 Å². The van der Waals surface area contributed by atoms with Crippen LogP contribution in [0.3, 0.4) is 0 Å². The molecule has 0 unspecified atom stereocenters. The standard InChI is InChI=1S/C15H11ClF2O2/c1-20-14-4-2-3-12(18)15(14)13(19)7-9-5-6-10(17)8-11(9)16/h2-6,8H,7H2,1H3. The number of ketones is 1. The van der Waals surface area contributed by atoms with Crippen molar-refractivity contribution in [1.29, 1.82) is 0 Å². The Labute approximate surface area is 119 Å². The van der Waals surface area contributed by atoms with Gasteiger partial charge in [-0.2, -0.15) is 0 Å². The monoisotopic (exact) mass is 296 g/mol. The molecule has 0 aliphatic carbocycles. The fourth-order valence-electron chi connectivity index (χ4n) is 1.87. The molecule has 0 atom stereocenters. The minimum atomic E-state index is -0.660. The summed E-state index contributed by atoms with van der Waals surface area (Å²) in [6.07, 6.45) is -0.129. The van der Waals surface area contributed by atoms with E-state index in [2.05, 4.69) is 0 Å². The lowest BCUT2D eigenvalue weighted by molar-refractivity contribution is 0.0986. The second kappa shape index (κ2) is 6.01. The number of carbonyl (C=O) groups is 1. The van der Waals surface area contributed by atoms with E-state index in [1.807, 2.05) is 0 Å². The van der Waals surface area contributed by atoms with Crippen LogP contribution in [0.2, 0.25) is 5.02 Å². The third-order valence-corrected chi connectivity index (χ3v) is 3.19. The van der Waals surface area contributed by atoms with E-state index in [1.54, 1.807) is 0 Å². The summed E-state index contributed by atoms with van der Waals surface area (Å²) in [6, 6.07) is 7.86. The minimum Gasteiger partial charge on any atom is -0.496 e. The Hall–Kier alpha value is -1.94. The molecule has 104 valence electrons. The first kappa shape index (κ1) is 14.5. The first-order valence-corrected chi connectivity index (χ1v) is 6.20. The van der Waals surface area contributed by atoms with Gasteiger partial charge in [-0.25, -0.2) is 8.78 Å². The van der Waals surface area contributed by atoms with Crippen LogP contribution < -0.4 is 4.74 Å². The highest BCUT2D eigenvalue weighted by atomic mass is 35.5. The molecule has 20 heavy (non-hydrogen) atoms. The normalized spacial score (nSPS) is 10.4. The molecule has 0 fully saturated rings. The van der Waals surface area contributed by atoms with Gasteiger partial charge in [0.1, 0.15) is 17.4 Å². The Kier molecular flexibility index (Phi) is 4.35. The van der Waals surface area contributed by atoms with Crippen LogP contribution >= 0.6 is 11.6 Å². The van der Waals surface area contributed by atoms with E-state index in [0.717, 1.165) is 6.07 Å². The molecule has 0 bridgehead atoms. The lowest BCUT2D eigenvalue weighted by atomic mass is 10.0. The Morgan fingerprint density at radius 2 is 2.00 bits per heavy atom. The average Bonchev–Trinajstić information content (AvgIpc) is 2.41. The lowest BCUT2D eigenvalue weighted by Gasteiger charge is -2.09. The van der Waals surface area contributed by atoms with Gasteiger partial charge in [-0.15, -0.1) is 0 Å². The van der Waals surface area contributed by atoms with Gasteiger partial charge in [-0.3, -0.25) is 4.79 Å². The van der Waals surface area contributed by atoms with E-state index in [9.17, 15) is 13.6 Å². The summed E-state index contributed by atoms with van der Waals surface area (Å²) in [5.41, 5.74) is 0.304. The number of hydrogen-bond donors (Lipinski definition) is 0. The van der Waals surface area contributed by atoms with Crippen LogP contribution in [-0.4, -0.2) is 12.9 Å². The molecular weight excluding hydrogens is 286 g/mol. The highest BCUT2D eigenvalue weighted by Gasteiger charge is 2.18. The number of hydrogen-bond acceptors (Lipinski definition) is 2. The van der Waals surface area contributed by atoms with Crippen molar-refractivity contribution in [3.8, 4) is 5.75 Å². The predicted octanol–water partition coefficient (Wildman–Crippen LogP) is 4.05. The molecule has 0 spiro atoms. The fourth-order valence-corrected chi connectivity index (χ4v) is 2.11. The highest BCUT2D eigenvalue weighted by Crippen LogP contribution is 2.25. The molecule has 2 aromatic rings. The maximum absolute atomic E-state index is 13.8. The molecule has 5 heteroatoms. The van der Waals surface area contributed by atoms with E-state index < -0.39 is 17.4 Å². The summed E-state index contributed by atoms with van der Waals surface area (Å²) in [5.74, 6) is -1.47. The zero-order valence-electron chi connectivity index (χ0n) is 10.6. The zero-order valence-corrected chi connectivity index (χ0v) is 11.4. The van der Waals surface area contributed by atoms with Gasteiger partial charge in [0.25, 0.3) is 0 Å². The maximum Gasteiger partial charge on any atom is 0.173 e. The number of Topliss-reactive ketones (excluding diaryl/α,β-unsaturated/α-hetero) is 1. The Morgan fingerprint density at radius 1 is 1.25 bits per heavy atom. The first-order valence-electron chi connectivity index (χ1n) is 5.82. The second-order valence-corrected chi connectivity index (χ2v) is 4.56. The summed E-state index contributed by atoms with van der Waals surface area (Å²) in [4.78, 5) is 12.2. The van der Waals surface area contributed by atoms with E-state index in [-0.39, 0.29) is 22.8 Å². The van der Waals surface area contributed by atoms with Gasteiger partial charge in [0.15, 0.2) is 5.78 Å². The Bertz CT molecular complexity index is 656. The van der Waals surface area contributed by atoms with Gasteiger partial charge in [0, 0.05) is 11.4 Å². The summed E-state index contributed by atoms with van der Waals surface area (Å²) in [6.45, 7) is 0. The highest BCUT2D eigenvalue weighted by molar-refractivity contribution is 6.31. The van der Waals surface area contributed by atoms with Gasteiger partial charge in [-0.05, 0) is 29.8 Å². The number of benzene rings is 2. The summed E-state index contributed by atoms with van der Waals surface area (Å²) in [7, 11) is 1.36. The van der Waals surface area contributed by atoms with Crippen molar-refractivity contribution in [2.75, 3.05) is 7.11 Å². The predicted molar refractivity (Wildman–Crippen MR) is 72.4 cm³/mol. The average molecular weight is 297 g/mol. The summed E-state index contributed by atoms with van der Waals surface area (Å²) < 4.78 is 31.7. The van der Waals surface area contributed by atoms with Gasteiger partial charge < -0.3 is 4.74 Å². The zero-order chi connectivity index (χ0) is 14.7. The van der Waals surface area contributed by atoms with Gasteiger partial charge in [0.05, 0.1) is 12.7 Å². The molecule has 0 saturated carbocycles. The molecular formula is C15H11ClF2O2. The minimum absolute atomic E-state index is 0.129.